The number of hydrogen-bond donors (Lipinski definition) is 1. The summed E-state index contributed by atoms with van der Waals surface area (Å²) in [6.07, 6.45) is 0.239. The number of fused-ring (bicyclic) bond motifs is 1. The molecule has 0 saturated carbocycles. The van der Waals surface area contributed by atoms with Gasteiger partial charge in [-0.1, -0.05) is 36.4 Å². The molecule has 0 aliphatic heterocycles. The second-order valence-corrected chi connectivity index (χ2v) is 6.96. The van der Waals surface area contributed by atoms with Crippen LogP contribution in [-0.4, -0.2) is 42.5 Å². The molecule has 166 valence electrons. The summed E-state index contributed by atoms with van der Waals surface area (Å²) in [7, 11) is 1.59. The summed E-state index contributed by atoms with van der Waals surface area (Å²) in [5.41, 5.74) is 1.66. The standard InChI is InChI=1S/C23H21NO8/c1-30-20-9-8-17-13-19(7-6-18(17)14-20)21(22(25)26)12-15-2-4-16(5-3-15)23(27)31-10-11-32-24(28)29/h2-9,13-14,21H,10-12H2,1H3,(H,25,26)/t21-/m0/s1. The second kappa shape index (κ2) is 10.3. The summed E-state index contributed by atoms with van der Waals surface area (Å²) in [4.78, 5) is 38.1. The molecule has 0 aliphatic carbocycles. The Morgan fingerprint density at radius 3 is 2.34 bits per heavy atom. The highest BCUT2D eigenvalue weighted by Crippen LogP contribution is 2.27. The van der Waals surface area contributed by atoms with Gasteiger partial charge in [0.25, 0.3) is 5.09 Å². The van der Waals surface area contributed by atoms with E-state index in [1.165, 1.54) is 12.1 Å². The van der Waals surface area contributed by atoms with Gasteiger partial charge in [0.05, 0.1) is 18.6 Å². The average Bonchev–Trinajstić information content (AvgIpc) is 2.79. The maximum Gasteiger partial charge on any atom is 0.338 e. The lowest BCUT2D eigenvalue weighted by molar-refractivity contribution is -0.757. The number of rotatable bonds is 10. The van der Waals surface area contributed by atoms with E-state index in [2.05, 4.69) is 4.84 Å². The fourth-order valence-corrected chi connectivity index (χ4v) is 3.28. The van der Waals surface area contributed by atoms with E-state index in [-0.39, 0.29) is 25.2 Å². The van der Waals surface area contributed by atoms with E-state index >= 15 is 0 Å². The van der Waals surface area contributed by atoms with Crippen molar-refractivity contribution in [1.82, 2.24) is 0 Å². The van der Waals surface area contributed by atoms with Gasteiger partial charge >= 0.3 is 11.9 Å². The number of esters is 1. The molecule has 0 unspecified atom stereocenters. The lowest BCUT2D eigenvalue weighted by Crippen LogP contribution is -2.15. The van der Waals surface area contributed by atoms with Crippen molar-refractivity contribution in [3.63, 3.8) is 0 Å². The molecule has 1 atom stereocenters. The molecule has 9 nitrogen and oxygen atoms in total. The fourth-order valence-electron chi connectivity index (χ4n) is 3.28. The van der Waals surface area contributed by atoms with Crippen molar-refractivity contribution in [2.45, 2.75) is 12.3 Å². The third-order valence-electron chi connectivity index (χ3n) is 4.91. The number of methoxy groups -OCH3 is 1. The van der Waals surface area contributed by atoms with Crippen LogP contribution < -0.4 is 4.74 Å². The number of nitrogens with zero attached hydrogens (tertiary/aromatic N) is 1. The van der Waals surface area contributed by atoms with Gasteiger partial charge in [-0.25, -0.2) is 4.79 Å². The number of hydrogen-bond acceptors (Lipinski definition) is 7. The molecular weight excluding hydrogens is 418 g/mol. The van der Waals surface area contributed by atoms with Crippen molar-refractivity contribution in [3.8, 4) is 5.75 Å². The first-order valence-electron chi connectivity index (χ1n) is 9.71. The Balaban J connectivity index is 1.69. The van der Waals surface area contributed by atoms with Gasteiger partial charge in [-0.2, -0.15) is 0 Å². The van der Waals surface area contributed by atoms with Crippen molar-refractivity contribution in [2.24, 2.45) is 0 Å². The summed E-state index contributed by atoms with van der Waals surface area (Å²) in [5.74, 6) is -1.64. The van der Waals surface area contributed by atoms with Crippen LogP contribution in [-0.2, 0) is 20.8 Å². The maximum absolute atomic E-state index is 12.0. The molecule has 0 aliphatic rings. The average molecular weight is 439 g/mol. The highest BCUT2D eigenvalue weighted by atomic mass is 17.0. The normalized spacial score (nSPS) is 11.5. The molecule has 0 fully saturated rings. The molecule has 3 aromatic carbocycles. The van der Waals surface area contributed by atoms with Gasteiger partial charge in [0.2, 0.25) is 0 Å². The number of carboxylic acids is 1. The first-order valence-corrected chi connectivity index (χ1v) is 9.71. The van der Waals surface area contributed by atoms with Gasteiger partial charge < -0.3 is 19.4 Å². The van der Waals surface area contributed by atoms with E-state index in [1.54, 1.807) is 25.3 Å². The SMILES string of the molecule is COc1ccc2cc([C@H](Cc3ccc(C(=O)OCCO[N+](=O)[O-])cc3)C(=O)O)ccc2c1. The Hall–Kier alpha value is -4.14. The van der Waals surface area contributed by atoms with E-state index in [1.807, 2.05) is 30.3 Å². The minimum Gasteiger partial charge on any atom is -0.497 e. The summed E-state index contributed by atoms with van der Waals surface area (Å²) in [5, 5.41) is 20.8. The number of carbonyl (C=O) groups is 2. The molecule has 3 rings (SSSR count). The molecule has 1 N–H and O–H groups in total. The van der Waals surface area contributed by atoms with Gasteiger partial charge in [0.15, 0.2) is 0 Å². The number of carbonyl (C=O) groups excluding carboxylic acids is 1. The summed E-state index contributed by atoms with van der Waals surface area (Å²) in [6, 6.07) is 17.5. The molecule has 0 bridgehead atoms. The zero-order valence-electron chi connectivity index (χ0n) is 17.2. The quantitative estimate of drug-likeness (QED) is 0.220. The molecule has 32 heavy (non-hydrogen) atoms. The van der Waals surface area contributed by atoms with E-state index < -0.39 is 22.9 Å². The lowest BCUT2D eigenvalue weighted by atomic mass is 9.90. The summed E-state index contributed by atoms with van der Waals surface area (Å²) in [6.45, 7) is -0.605. The van der Waals surface area contributed by atoms with Crippen LogP contribution in [0.1, 0.15) is 27.4 Å². The third-order valence-corrected chi connectivity index (χ3v) is 4.91. The van der Waals surface area contributed by atoms with Crippen LogP contribution in [0.25, 0.3) is 10.8 Å². The second-order valence-electron chi connectivity index (χ2n) is 6.96. The summed E-state index contributed by atoms with van der Waals surface area (Å²) < 4.78 is 10.1. The Morgan fingerprint density at radius 1 is 1.00 bits per heavy atom. The van der Waals surface area contributed by atoms with Crippen LogP contribution >= 0.6 is 0 Å². The van der Waals surface area contributed by atoms with Crippen LogP contribution in [0.15, 0.2) is 60.7 Å². The largest absolute Gasteiger partial charge is 0.497 e. The van der Waals surface area contributed by atoms with E-state index in [0.717, 1.165) is 22.1 Å². The van der Waals surface area contributed by atoms with Crippen LogP contribution in [0, 0.1) is 10.1 Å². The fraction of sp³-hybridized carbons (Fsp3) is 0.217. The molecular formula is C23H21NO8. The molecule has 0 heterocycles. The van der Waals surface area contributed by atoms with Gasteiger partial charge in [0, 0.05) is 0 Å². The number of benzene rings is 3. The minimum atomic E-state index is -0.964. The van der Waals surface area contributed by atoms with Gasteiger partial charge in [-0.05, 0) is 52.6 Å². The van der Waals surface area contributed by atoms with Crippen molar-refractivity contribution in [2.75, 3.05) is 20.3 Å². The minimum absolute atomic E-state index is 0.239. The molecule has 3 aromatic rings. The number of aliphatic carboxylic acids is 1. The molecule has 0 amide bonds. The first kappa shape index (κ1) is 22.5. The van der Waals surface area contributed by atoms with Crippen molar-refractivity contribution in [3.05, 3.63) is 87.5 Å². The van der Waals surface area contributed by atoms with Gasteiger partial charge in [0.1, 0.15) is 19.0 Å². The Morgan fingerprint density at radius 2 is 1.69 bits per heavy atom. The molecule has 0 radical (unpaired) electrons. The predicted octanol–water partition coefficient (Wildman–Crippen LogP) is 3.62. The molecule has 0 saturated heterocycles. The number of carboxylic acid groups (broad SMARTS) is 1. The van der Waals surface area contributed by atoms with Crippen LogP contribution in [0.4, 0.5) is 0 Å². The Labute approximate surface area is 183 Å². The molecule has 0 spiro atoms. The Bertz CT molecular complexity index is 1130. The van der Waals surface area contributed by atoms with Crippen LogP contribution in [0.2, 0.25) is 0 Å². The molecule has 0 aromatic heterocycles. The highest BCUT2D eigenvalue weighted by Gasteiger charge is 2.21. The maximum atomic E-state index is 12.0. The van der Waals surface area contributed by atoms with Crippen LogP contribution in [0.3, 0.4) is 0 Å². The zero-order chi connectivity index (χ0) is 23.1. The topological polar surface area (TPSA) is 125 Å². The van der Waals surface area contributed by atoms with Gasteiger partial charge in [-0.3, -0.25) is 4.79 Å². The highest BCUT2D eigenvalue weighted by molar-refractivity contribution is 5.89. The first-order chi connectivity index (χ1) is 15.4. The Kier molecular flexibility index (Phi) is 7.22. The smallest absolute Gasteiger partial charge is 0.338 e. The predicted molar refractivity (Wildman–Crippen MR) is 114 cm³/mol. The lowest BCUT2D eigenvalue weighted by Gasteiger charge is -2.14. The monoisotopic (exact) mass is 439 g/mol. The van der Waals surface area contributed by atoms with Crippen molar-refractivity contribution >= 4 is 22.7 Å². The molecule has 9 heteroatoms. The van der Waals surface area contributed by atoms with E-state index in [9.17, 15) is 24.8 Å². The van der Waals surface area contributed by atoms with Crippen molar-refractivity contribution in [1.29, 1.82) is 0 Å². The van der Waals surface area contributed by atoms with Crippen molar-refractivity contribution < 1.29 is 34.1 Å². The summed E-state index contributed by atoms with van der Waals surface area (Å²) >= 11 is 0. The van der Waals surface area contributed by atoms with E-state index in [0.29, 0.717) is 5.56 Å². The van der Waals surface area contributed by atoms with E-state index in [4.69, 9.17) is 9.47 Å². The third kappa shape index (κ3) is 5.72. The van der Waals surface area contributed by atoms with Gasteiger partial charge in [-0.15, -0.1) is 10.1 Å². The zero-order valence-corrected chi connectivity index (χ0v) is 17.2. The number of ether oxygens (including phenoxy) is 2. The van der Waals surface area contributed by atoms with Crippen LogP contribution in [0.5, 0.6) is 5.75 Å².